The van der Waals surface area contributed by atoms with E-state index in [1.165, 1.54) is 5.56 Å². The summed E-state index contributed by atoms with van der Waals surface area (Å²) in [5.41, 5.74) is 1.27. The van der Waals surface area contributed by atoms with Crippen LogP contribution in [0.1, 0.15) is 18.4 Å². The lowest BCUT2D eigenvalue weighted by Gasteiger charge is -2.25. The van der Waals surface area contributed by atoms with Gasteiger partial charge in [0.2, 0.25) is 0 Å². The SMILES string of the molecule is OC[C@@H](Cc1ccccc1)NCC1CCOCC1. The van der Waals surface area contributed by atoms with Crippen molar-refractivity contribution >= 4 is 0 Å². The topological polar surface area (TPSA) is 41.5 Å². The highest BCUT2D eigenvalue weighted by atomic mass is 16.5. The van der Waals surface area contributed by atoms with E-state index in [-0.39, 0.29) is 12.6 Å². The highest BCUT2D eigenvalue weighted by Gasteiger charge is 2.15. The third kappa shape index (κ3) is 4.41. The van der Waals surface area contributed by atoms with Crippen LogP contribution in [-0.2, 0) is 11.2 Å². The van der Waals surface area contributed by atoms with E-state index in [0.717, 1.165) is 39.0 Å². The fourth-order valence-corrected chi connectivity index (χ4v) is 2.38. The minimum atomic E-state index is 0.162. The van der Waals surface area contributed by atoms with Gasteiger partial charge in [-0.2, -0.15) is 0 Å². The second-order valence-electron chi connectivity index (χ2n) is 5.03. The summed E-state index contributed by atoms with van der Waals surface area (Å²) in [7, 11) is 0. The molecule has 0 aromatic heterocycles. The average molecular weight is 249 g/mol. The number of aliphatic hydroxyl groups is 1. The summed E-state index contributed by atoms with van der Waals surface area (Å²) in [6.45, 7) is 2.95. The first-order valence-corrected chi connectivity index (χ1v) is 6.84. The summed E-state index contributed by atoms with van der Waals surface area (Å²) in [6.07, 6.45) is 3.16. The largest absolute Gasteiger partial charge is 0.395 e. The molecule has 0 unspecified atom stereocenters. The van der Waals surface area contributed by atoms with Crippen LogP contribution in [0.2, 0.25) is 0 Å². The van der Waals surface area contributed by atoms with E-state index in [1.54, 1.807) is 0 Å². The molecule has 3 nitrogen and oxygen atoms in total. The molecule has 1 aliphatic heterocycles. The van der Waals surface area contributed by atoms with Crippen molar-refractivity contribution in [3.8, 4) is 0 Å². The molecular weight excluding hydrogens is 226 g/mol. The third-order valence-corrected chi connectivity index (χ3v) is 3.58. The number of hydrogen-bond donors (Lipinski definition) is 2. The van der Waals surface area contributed by atoms with Gasteiger partial charge in [-0.05, 0) is 37.3 Å². The molecule has 0 saturated carbocycles. The number of benzene rings is 1. The van der Waals surface area contributed by atoms with Crippen LogP contribution in [0.15, 0.2) is 30.3 Å². The lowest BCUT2D eigenvalue weighted by Crippen LogP contribution is -2.39. The van der Waals surface area contributed by atoms with Crippen molar-refractivity contribution in [3.05, 3.63) is 35.9 Å². The van der Waals surface area contributed by atoms with Crippen molar-refractivity contribution in [2.75, 3.05) is 26.4 Å². The van der Waals surface area contributed by atoms with Gasteiger partial charge in [-0.25, -0.2) is 0 Å². The van der Waals surface area contributed by atoms with Gasteiger partial charge in [0.15, 0.2) is 0 Å². The number of hydrogen-bond acceptors (Lipinski definition) is 3. The maximum atomic E-state index is 9.43. The first kappa shape index (κ1) is 13.5. The molecule has 3 heteroatoms. The van der Waals surface area contributed by atoms with E-state index >= 15 is 0 Å². The number of rotatable bonds is 6. The van der Waals surface area contributed by atoms with Crippen LogP contribution >= 0.6 is 0 Å². The van der Waals surface area contributed by atoms with Gasteiger partial charge in [0, 0.05) is 19.3 Å². The lowest BCUT2D eigenvalue weighted by molar-refractivity contribution is 0.0646. The van der Waals surface area contributed by atoms with Gasteiger partial charge < -0.3 is 15.2 Å². The highest BCUT2D eigenvalue weighted by Crippen LogP contribution is 2.13. The Balaban J connectivity index is 1.75. The molecule has 0 radical (unpaired) electrons. The van der Waals surface area contributed by atoms with Gasteiger partial charge in [-0.3, -0.25) is 0 Å². The lowest BCUT2D eigenvalue weighted by atomic mass is 9.99. The van der Waals surface area contributed by atoms with Crippen LogP contribution in [0.5, 0.6) is 0 Å². The molecule has 18 heavy (non-hydrogen) atoms. The Bertz CT molecular complexity index is 323. The average Bonchev–Trinajstić information content (AvgIpc) is 2.45. The second kappa shape index (κ2) is 7.52. The molecule has 100 valence electrons. The molecule has 1 aromatic rings. The summed E-state index contributed by atoms with van der Waals surface area (Å²) < 4.78 is 5.35. The number of ether oxygens (including phenoxy) is 1. The zero-order chi connectivity index (χ0) is 12.6. The Morgan fingerprint density at radius 3 is 2.61 bits per heavy atom. The van der Waals surface area contributed by atoms with Crippen molar-refractivity contribution < 1.29 is 9.84 Å². The molecule has 2 rings (SSSR count). The monoisotopic (exact) mass is 249 g/mol. The molecule has 0 bridgehead atoms. The van der Waals surface area contributed by atoms with E-state index in [0.29, 0.717) is 5.92 Å². The van der Waals surface area contributed by atoms with E-state index < -0.39 is 0 Å². The highest BCUT2D eigenvalue weighted by molar-refractivity contribution is 5.15. The Morgan fingerprint density at radius 1 is 1.22 bits per heavy atom. The predicted octanol–water partition coefficient (Wildman–Crippen LogP) is 1.61. The molecule has 0 amide bonds. The molecule has 2 N–H and O–H groups in total. The van der Waals surface area contributed by atoms with Crippen molar-refractivity contribution in [2.24, 2.45) is 5.92 Å². The number of nitrogens with one attached hydrogen (secondary N) is 1. The molecule has 1 fully saturated rings. The zero-order valence-electron chi connectivity index (χ0n) is 10.8. The van der Waals surface area contributed by atoms with Crippen molar-refractivity contribution in [3.63, 3.8) is 0 Å². The van der Waals surface area contributed by atoms with E-state index in [1.807, 2.05) is 18.2 Å². The summed E-state index contributed by atoms with van der Waals surface area (Å²) >= 11 is 0. The minimum absolute atomic E-state index is 0.162. The van der Waals surface area contributed by atoms with Gasteiger partial charge in [0.1, 0.15) is 0 Å². The van der Waals surface area contributed by atoms with Crippen molar-refractivity contribution in [2.45, 2.75) is 25.3 Å². The zero-order valence-corrected chi connectivity index (χ0v) is 10.8. The Kier molecular flexibility index (Phi) is 5.65. The Labute approximate surface area is 109 Å². The fourth-order valence-electron chi connectivity index (χ4n) is 2.38. The molecule has 1 aliphatic rings. The first-order chi connectivity index (χ1) is 8.88. The second-order valence-corrected chi connectivity index (χ2v) is 5.03. The third-order valence-electron chi connectivity index (χ3n) is 3.58. The van der Waals surface area contributed by atoms with Gasteiger partial charge >= 0.3 is 0 Å². The maximum absolute atomic E-state index is 9.43. The van der Waals surface area contributed by atoms with Gasteiger partial charge in [-0.1, -0.05) is 30.3 Å². The summed E-state index contributed by atoms with van der Waals surface area (Å²) in [4.78, 5) is 0. The van der Waals surface area contributed by atoms with Crippen LogP contribution in [0.3, 0.4) is 0 Å². The quantitative estimate of drug-likeness (QED) is 0.805. The van der Waals surface area contributed by atoms with E-state index in [2.05, 4.69) is 17.4 Å². The molecule has 0 spiro atoms. The van der Waals surface area contributed by atoms with Gasteiger partial charge in [-0.15, -0.1) is 0 Å². The molecule has 1 aromatic carbocycles. The molecule has 1 heterocycles. The molecule has 1 saturated heterocycles. The Morgan fingerprint density at radius 2 is 1.94 bits per heavy atom. The summed E-state index contributed by atoms with van der Waals surface area (Å²) in [5, 5.41) is 12.9. The van der Waals surface area contributed by atoms with Crippen LogP contribution in [0, 0.1) is 5.92 Å². The molecule has 1 atom stereocenters. The molecule has 0 aliphatic carbocycles. The van der Waals surface area contributed by atoms with Crippen LogP contribution in [0.4, 0.5) is 0 Å². The van der Waals surface area contributed by atoms with E-state index in [9.17, 15) is 5.11 Å². The summed E-state index contributed by atoms with van der Waals surface area (Å²) in [6, 6.07) is 10.5. The van der Waals surface area contributed by atoms with Crippen molar-refractivity contribution in [1.29, 1.82) is 0 Å². The van der Waals surface area contributed by atoms with Crippen LogP contribution in [0.25, 0.3) is 0 Å². The minimum Gasteiger partial charge on any atom is -0.395 e. The van der Waals surface area contributed by atoms with Crippen LogP contribution < -0.4 is 5.32 Å². The smallest absolute Gasteiger partial charge is 0.0587 e. The fraction of sp³-hybridized carbons (Fsp3) is 0.600. The maximum Gasteiger partial charge on any atom is 0.0587 e. The normalized spacial score (nSPS) is 18.7. The number of aliphatic hydroxyl groups excluding tert-OH is 1. The molecular formula is C15H23NO2. The predicted molar refractivity (Wildman–Crippen MR) is 72.6 cm³/mol. The Hall–Kier alpha value is -0.900. The van der Waals surface area contributed by atoms with Crippen LogP contribution in [-0.4, -0.2) is 37.5 Å². The van der Waals surface area contributed by atoms with Gasteiger partial charge in [0.05, 0.1) is 6.61 Å². The van der Waals surface area contributed by atoms with E-state index in [4.69, 9.17) is 4.74 Å². The first-order valence-electron chi connectivity index (χ1n) is 6.84. The standard InChI is InChI=1S/C15H23NO2/c17-12-15(10-13-4-2-1-3-5-13)16-11-14-6-8-18-9-7-14/h1-5,14-17H,6-12H2/t15-/m1/s1. The van der Waals surface area contributed by atoms with Gasteiger partial charge in [0.25, 0.3) is 0 Å². The van der Waals surface area contributed by atoms with Crippen molar-refractivity contribution in [1.82, 2.24) is 5.32 Å². The summed E-state index contributed by atoms with van der Waals surface area (Å²) in [5.74, 6) is 0.698.